The molecule has 0 aliphatic carbocycles. The van der Waals surface area contributed by atoms with Crippen molar-refractivity contribution in [1.29, 1.82) is 0 Å². The number of urea groups is 1. The Kier molecular flexibility index (Phi) is 5.09. The van der Waals surface area contributed by atoms with Gasteiger partial charge in [-0.3, -0.25) is 0 Å². The van der Waals surface area contributed by atoms with Gasteiger partial charge in [0.05, 0.1) is 24.9 Å². The maximum Gasteiger partial charge on any atom is 0.322 e. The van der Waals surface area contributed by atoms with Crippen molar-refractivity contribution < 1.29 is 14.6 Å². The van der Waals surface area contributed by atoms with Gasteiger partial charge in [0.25, 0.3) is 0 Å². The Labute approximate surface area is 123 Å². The van der Waals surface area contributed by atoms with Gasteiger partial charge in [0, 0.05) is 17.6 Å². The van der Waals surface area contributed by atoms with Crippen LogP contribution in [-0.4, -0.2) is 41.8 Å². The molecule has 1 fully saturated rings. The first-order chi connectivity index (χ1) is 9.65. The van der Waals surface area contributed by atoms with Crippen molar-refractivity contribution in [2.24, 2.45) is 0 Å². The SMILES string of the molecule is CCOc1cc(Cl)ccc1NC(=O)N1CCCC1CO. The van der Waals surface area contributed by atoms with Gasteiger partial charge in [0.2, 0.25) is 0 Å². The Balaban J connectivity index is 2.11. The second kappa shape index (κ2) is 6.81. The zero-order chi connectivity index (χ0) is 14.5. The first kappa shape index (κ1) is 14.9. The van der Waals surface area contributed by atoms with Gasteiger partial charge in [0.1, 0.15) is 5.75 Å². The van der Waals surface area contributed by atoms with E-state index in [0.717, 1.165) is 12.8 Å². The molecule has 20 heavy (non-hydrogen) atoms. The fraction of sp³-hybridized carbons (Fsp3) is 0.500. The second-order valence-electron chi connectivity index (χ2n) is 4.68. The zero-order valence-corrected chi connectivity index (χ0v) is 12.2. The number of ether oxygens (including phenoxy) is 1. The van der Waals surface area contributed by atoms with Crippen LogP contribution in [0.25, 0.3) is 0 Å². The van der Waals surface area contributed by atoms with Gasteiger partial charge in [0.15, 0.2) is 0 Å². The summed E-state index contributed by atoms with van der Waals surface area (Å²) in [5.74, 6) is 0.549. The maximum absolute atomic E-state index is 12.2. The van der Waals surface area contributed by atoms with Gasteiger partial charge in [-0.25, -0.2) is 4.79 Å². The molecule has 6 heteroatoms. The molecule has 1 aromatic rings. The number of nitrogens with zero attached hydrogens (tertiary/aromatic N) is 1. The summed E-state index contributed by atoms with van der Waals surface area (Å²) in [5, 5.41) is 12.6. The van der Waals surface area contributed by atoms with E-state index in [1.807, 2.05) is 6.92 Å². The van der Waals surface area contributed by atoms with Crippen LogP contribution in [0.5, 0.6) is 5.75 Å². The summed E-state index contributed by atoms with van der Waals surface area (Å²) >= 11 is 5.93. The van der Waals surface area contributed by atoms with E-state index in [1.165, 1.54) is 0 Å². The molecule has 0 bridgehead atoms. The van der Waals surface area contributed by atoms with Crippen molar-refractivity contribution in [3.05, 3.63) is 23.2 Å². The third kappa shape index (κ3) is 3.35. The average Bonchev–Trinajstić information content (AvgIpc) is 2.90. The summed E-state index contributed by atoms with van der Waals surface area (Å²) in [6.07, 6.45) is 1.75. The van der Waals surface area contributed by atoms with Gasteiger partial charge in [-0.2, -0.15) is 0 Å². The molecule has 1 aliphatic heterocycles. The Morgan fingerprint density at radius 2 is 2.40 bits per heavy atom. The lowest BCUT2D eigenvalue weighted by Gasteiger charge is -2.24. The van der Waals surface area contributed by atoms with Gasteiger partial charge in [-0.05, 0) is 31.9 Å². The first-order valence-electron chi connectivity index (χ1n) is 6.76. The van der Waals surface area contributed by atoms with Gasteiger partial charge in [-0.1, -0.05) is 11.6 Å². The van der Waals surface area contributed by atoms with Crippen LogP contribution < -0.4 is 10.1 Å². The van der Waals surface area contributed by atoms with Crippen molar-refractivity contribution in [2.75, 3.05) is 25.1 Å². The van der Waals surface area contributed by atoms with Crippen molar-refractivity contribution in [1.82, 2.24) is 4.90 Å². The molecule has 1 aliphatic rings. The molecule has 5 nitrogen and oxygen atoms in total. The number of carbonyl (C=O) groups is 1. The van der Waals surface area contributed by atoms with Crippen LogP contribution in [0, 0.1) is 0 Å². The molecule has 1 heterocycles. The number of likely N-dealkylation sites (tertiary alicyclic amines) is 1. The van der Waals surface area contributed by atoms with Gasteiger partial charge >= 0.3 is 6.03 Å². The molecular formula is C14H19ClN2O3. The number of nitrogens with one attached hydrogen (secondary N) is 1. The number of hydrogen-bond acceptors (Lipinski definition) is 3. The topological polar surface area (TPSA) is 61.8 Å². The van der Waals surface area contributed by atoms with E-state index in [0.29, 0.717) is 29.6 Å². The van der Waals surface area contributed by atoms with Crippen LogP contribution >= 0.6 is 11.6 Å². The molecular weight excluding hydrogens is 280 g/mol. The summed E-state index contributed by atoms with van der Waals surface area (Å²) in [6, 6.07) is 4.78. The predicted molar refractivity (Wildman–Crippen MR) is 78.5 cm³/mol. The maximum atomic E-state index is 12.2. The van der Waals surface area contributed by atoms with E-state index in [-0.39, 0.29) is 18.7 Å². The van der Waals surface area contributed by atoms with Crippen LogP contribution in [0.1, 0.15) is 19.8 Å². The lowest BCUT2D eigenvalue weighted by Crippen LogP contribution is -2.40. The second-order valence-corrected chi connectivity index (χ2v) is 5.11. The summed E-state index contributed by atoms with van der Waals surface area (Å²) in [4.78, 5) is 13.9. The minimum Gasteiger partial charge on any atom is -0.492 e. The molecule has 1 unspecified atom stereocenters. The molecule has 110 valence electrons. The van der Waals surface area contributed by atoms with E-state index >= 15 is 0 Å². The number of aliphatic hydroxyl groups excluding tert-OH is 1. The Morgan fingerprint density at radius 3 is 3.10 bits per heavy atom. The number of halogens is 1. The van der Waals surface area contributed by atoms with Crippen LogP contribution in [0.3, 0.4) is 0 Å². The predicted octanol–water partition coefficient (Wildman–Crippen LogP) is 2.73. The van der Waals surface area contributed by atoms with E-state index in [4.69, 9.17) is 16.3 Å². The lowest BCUT2D eigenvalue weighted by molar-refractivity contribution is 0.166. The summed E-state index contributed by atoms with van der Waals surface area (Å²) in [7, 11) is 0. The highest BCUT2D eigenvalue weighted by Crippen LogP contribution is 2.29. The minimum absolute atomic E-state index is 0.00758. The minimum atomic E-state index is -0.218. The number of aliphatic hydroxyl groups is 1. The Bertz CT molecular complexity index is 481. The highest BCUT2D eigenvalue weighted by atomic mass is 35.5. The molecule has 2 rings (SSSR count). The van der Waals surface area contributed by atoms with E-state index in [9.17, 15) is 9.90 Å². The quantitative estimate of drug-likeness (QED) is 0.898. The molecule has 2 amide bonds. The molecule has 1 aromatic carbocycles. The van der Waals surface area contributed by atoms with Crippen molar-refractivity contribution in [3.63, 3.8) is 0 Å². The highest BCUT2D eigenvalue weighted by Gasteiger charge is 2.28. The van der Waals surface area contributed by atoms with E-state index < -0.39 is 0 Å². The van der Waals surface area contributed by atoms with Gasteiger partial charge < -0.3 is 20.1 Å². The van der Waals surface area contributed by atoms with Gasteiger partial charge in [-0.15, -0.1) is 0 Å². The largest absolute Gasteiger partial charge is 0.492 e. The highest BCUT2D eigenvalue weighted by molar-refractivity contribution is 6.30. The normalized spacial score (nSPS) is 18.1. The number of anilines is 1. The molecule has 0 spiro atoms. The number of benzene rings is 1. The number of rotatable bonds is 4. The summed E-state index contributed by atoms with van der Waals surface area (Å²) < 4.78 is 5.47. The standard InChI is InChI=1S/C14H19ClN2O3/c1-2-20-13-8-10(15)5-6-12(13)16-14(19)17-7-3-4-11(17)9-18/h5-6,8,11,18H,2-4,7,9H2,1H3,(H,16,19). The van der Waals surface area contributed by atoms with Crippen LogP contribution in [0.4, 0.5) is 10.5 Å². The van der Waals surface area contributed by atoms with Crippen molar-refractivity contribution in [3.8, 4) is 5.75 Å². The third-order valence-electron chi connectivity index (χ3n) is 3.33. The Morgan fingerprint density at radius 1 is 1.60 bits per heavy atom. The van der Waals surface area contributed by atoms with Crippen LogP contribution in [0.2, 0.25) is 5.02 Å². The summed E-state index contributed by atoms with van der Waals surface area (Å²) in [5.41, 5.74) is 0.588. The number of carbonyl (C=O) groups excluding carboxylic acids is 1. The molecule has 0 aromatic heterocycles. The zero-order valence-electron chi connectivity index (χ0n) is 11.4. The molecule has 1 saturated heterocycles. The molecule has 1 atom stereocenters. The number of hydrogen-bond donors (Lipinski definition) is 2. The monoisotopic (exact) mass is 298 g/mol. The van der Waals surface area contributed by atoms with Crippen LogP contribution in [-0.2, 0) is 0 Å². The summed E-state index contributed by atoms with van der Waals surface area (Å²) in [6.45, 7) is 3.02. The number of amides is 2. The fourth-order valence-electron chi connectivity index (χ4n) is 2.35. The molecule has 2 N–H and O–H groups in total. The molecule has 0 radical (unpaired) electrons. The van der Waals surface area contributed by atoms with Crippen LogP contribution in [0.15, 0.2) is 18.2 Å². The smallest absolute Gasteiger partial charge is 0.322 e. The Hall–Kier alpha value is -1.46. The third-order valence-corrected chi connectivity index (χ3v) is 3.57. The molecule has 0 saturated carbocycles. The van der Waals surface area contributed by atoms with Crippen molar-refractivity contribution >= 4 is 23.3 Å². The first-order valence-corrected chi connectivity index (χ1v) is 7.14. The lowest BCUT2D eigenvalue weighted by atomic mass is 10.2. The fourth-order valence-corrected chi connectivity index (χ4v) is 2.52. The van der Waals surface area contributed by atoms with E-state index in [1.54, 1.807) is 23.1 Å². The van der Waals surface area contributed by atoms with Crippen molar-refractivity contribution in [2.45, 2.75) is 25.8 Å². The van der Waals surface area contributed by atoms with E-state index in [2.05, 4.69) is 5.32 Å². The average molecular weight is 299 g/mol.